The monoisotopic (exact) mass is 451 g/mol. The Hall–Kier alpha value is -3.36. The molecule has 4 rings (SSSR count). The highest BCUT2D eigenvalue weighted by Crippen LogP contribution is 2.22. The van der Waals surface area contributed by atoms with Crippen molar-refractivity contribution >= 4 is 46.5 Å². The van der Waals surface area contributed by atoms with Crippen molar-refractivity contribution in [1.82, 2.24) is 19.9 Å². The molecule has 2 aromatic carbocycles. The van der Waals surface area contributed by atoms with Gasteiger partial charge in [0.1, 0.15) is 0 Å². The number of pyridine rings is 1. The van der Waals surface area contributed by atoms with Crippen molar-refractivity contribution < 1.29 is 9.59 Å². The molecule has 156 valence electrons. The summed E-state index contributed by atoms with van der Waals surface area (Å²) in [5.41, 5.74) is 2.64. The summed E-state index contributed by atoms with van der Waals surface area (Å²) in [5, 5.41) is 14.9. The first-order chi connectivity index (χ1) is 15.1. The minimum Gasteiger partial charge on any atom is -0.348 e. The second-order valence-corrected chi connectivity index (χ2v) is 7.96. The fourth-order valence-electron chi connectivity index (χ4n) is 2.86. The van der Waals surface area contributed by atoms with E-state index in [1.54, 1.807) is 47.0 Å². The third-order valence-electron chi connectivity index (χ3n) is 4.41. The van der Waals surface area contributed by atoms with Gasteiger partial charge in [-0.2, -0.15) is 0 Å². The van der Waals surface area contributed by atoms with Crippen molar-refractivity contribution in [2.24, 2.45) is 0 Å². The molecule has 0 radical (unpaired) electrons. The third-order valence-corrected chi connectivity index (χ3v) is 5.68. The summed E-state index contributed by atoms with van der Waals surface area (Å²) in [6.07, 6.45) is 1.67. The Morgan fingerprint density at radius 2 is 1.74 bits per heavy atom. The molecule has 0 saturated carbocycles. The molecule has 0 bridgehead atoms. The van der Waals surface area contributed by atoms with E-state index in [-0.39, 0.29) is 17.6 Å². The van der Waals surface area contributed by atoms with Crippen LogP contribution in [0.4, 0.5) is 5.69 Å². The van der Waals surface area contributed by atoms with Crippen LogP contribution in [0.3, 0.4) is 0 Å². The lowest BCUT2D eigenvalue weighted by atomic mass is 10.2. The lowest BCUT2D eigenvalue weighted by Gasteiger charge is -2.07. The van der Waals surface area contributed by atoms with E-state index in [4.69, 9.17) is 11.6 Å². The predicted molar refractivity (Wildman–Crippen MR) is 121 cm³/mol. The molecule has 9 heteroatoms. The van der Waals surface area contributed by atoms with Gasteiger partial charge in [0.25, 0.3) is 5.91 Å². The molecule has 0 aliphatic rings. The van der Waals surface area contributed by atoms with Crippen LogP contribution in [0.5, 0.6) is 0 Å². The normalized spacial score (nSPS) is 10.7. The molecule has 2 amide bonds. The van der Waals surface area contributed by atoms with E-state index >= 15 is 0 Å². The molecular weight excluding hydrogens is 434 g/mol. The van der Waals surface area contributed by atoms with Crippen LogP contribution in [-0.4, -0.2) is 32.2 Å². The molecule has 0 spiro atoms. The molecule has 0 aliphatic heterocycles. The number of nitrogens with zero attached hydrogens (tertiary/aromatic N) is 3. The van der Waals surface area contributed by atoms with Gasteiger partial charge in [-0.3, -0.25) is 14.0 Å². The molecule has 0 unspecified atom stereocenters. The summed E-state index contributed by atoms with van der Waals surface area (Å²) in [7, 11) is 0. The van der Waals surface area contributed by atoms with E-state index in [9.17, 15) is 9.59 Å². The van der Waals surface area contributed by atoms with Gasteiger partial charge in [-0.15, -0.1) is 10.2 Å². The maximum Gasteiger partial charge on any atom is 0.253 e. The number of amides is 2. The van der Waals surface area contributed by atoms with Crippen molar-refractivity contribution in [1.29, 1.82) is 0 Å². The Kier molecular flexibility index (Phi) is 6.49. The summed E-state index contributed by atoms with van der Waals surface area (Å²) in [4.78, 5) is 24.8. The minimum atomic E-state index is -0.216. The molecule has 0 saturated heterocycles. The first kappa shape index (κ1) is 20.9. The zero-order valence-corrected chi connectivity index (χ0v) is 17.9. The SMILES string of the molecule is O=C(CSc1nnc2ccc(C(=O)NCc3ccccc3)cn12)Nc1ccccc1Cl. The summed E-state index contributed by atoms with van der Waals surface area (Å²) in [6, 6.07) is 20.1. The minimum absolute atomic E-state index is 0.121. The topological polar surface area (TPSA) is 88.4 Å². The Balaban J connectivity index is 1.41. The van der Waals surface area contributed by atoms with Crippen molar-refractivity contribution in [3.63, 3.8) is 0 Å². The van der Waals surface area contributed by atoms with Gasteiger partial charge in [-0.25, -0.2) is 0 Å². The van der Waals surface area contributed by atoms with E-state index in [2.05, 4.69) is 20.8 Å². The molecule has 0 fully saturated rings. The molecule has 2 N–H and O–H groups in total. The fourth-order valence-corrected chi connectivity index (χ4v) is 3.76. The fraction of sp³-hybridized carbons (Fsp3) is 0.0909. The predicted octanol–water partition coefficient (Wildman–Crippen LogP) is 4.04. The van der Waals surface area contributed by atoms with E-state index in [0.29, 0.717) is 33.6 Å². The second-order valence-electron chi connectivity index (χ2n) is 6.61. The molecule has 31 heavy (non-hydrogen) atoms. The highest BCUT2D eigenvalue weighted by molar-refractivity contribution is 7.99. The van der Waals surface area contributed by atoms with Crippen molar-refractivity contribution in [3.05, 3.63) is 89.1 Å². The van der Waals surface area contributed by atoms with Gasteiger partial charge < -0.3 is 10.6 Å². The van der Waals surface area contributed by atoms with Gasteiger partial charge in [0.2, 0.25) is 5.91 Å². The zero-order chi connectivity index (χ0) is 21.6. The average molecular weight is 452 g/mol. The lowest BCUT2D eigenvalue weighted by Crippen LogP contribution is -2.23. The van der Waals surface area contributed by atoms with Gasteiger partial charge in [0.05, 0.1) is 22.0 Å². The number of aromatic nitrogens is 3. The number of para-hydroxylation sites is 1. The number of thioether (sulfide) groups is 1. The summed E-state index contributed by atoms with van der Waals surface area (Å²) >= 11 is 7.30. The summed E-state index contributed by atoms with van der Waals surface area (Å²) < 4.78 is 1.70. The number of anilines is 1. The van der Waals surface area contributed by atoms with Gasteiger partial charge in [0, 0.05) is 12.7 Å². The van der Waals surface area contributed by atoms with Crippen LogP contribution < -0.4 is 10.6 Å². The molecule has 7 nitrogen and oxygen atoms in total. The van der Waals surface area contributed by atoms with Crippen molar-refractivity contribution in [3.8, 4) is 0 Å². The maximum atomic E-state index is 12.5. The van der Waals surface area contributed by atoms with Crippen molar-refractivity contribution in [2.45, 2.75) is 11.7 Å². The standard InChI is InChI=1S/C22H18ClN5O2S/c23-17-8-4-5-9-18(17)25-20(29)14-31-22-27-26-19-11-10-16(13-28(19)22)21(30)24-12-15-6-2-1-3-7-15/h1-11,13H,12,14H2,(H,24,30)(H,25,29). The van der Waals surface area contributed by atoms with E-state index in [0.717, 1.165) is 5.56 Å². The molecule has 4 aromatic rings. The van der Waals surface area contributed by atoms with Crippen LogP contribution >= 0.6 is 23.4 Å². The van der Waals surface area contributed by atoms with E-state index in [1.165, 1.54) is 11.8 Å². The molecule has 0 atom stereocenters. The van der Waals surface area contributed by atoms with Crippen LogP contribution in [0.25, 0.3) is 5.65 Å². The average Bonchev–Trinajstić information content (AvgIpc) is 3.20. The van der Waals surface area contributed by atoms with Crippen LogP contribution in [-0.2, 0) is 11.3 Å². The smallest absolute Gasteiger partial charge is 0.253 e. The number of rotatable bonds is 7. The summed E-state index contributed by atoms with van der Waals surface area (Å²) in [6.45, 7) is 0.434. The highest BCUT2D eigenvalue weighted by Gasteiger charge is 2.13. The number of carbonyl (C=O) groups excluding carboxylic acids is 2. The number of hydrogen-bond donors (Lipinski definition) is 2. The first-order valence-electron chi connectivity index (χ1n) is 9.44. The Morgan fingerprint density at radius 3 is 2.55 bits per heavy atom. The molecular formula is C22H18ClN5O2S. The maximum absolute atomic E-state index is 12.5. The largest absolute Gasteiger partial charge is 0.348 e. The molecule has 2 heterocycles. The van der Waals surface area contributed by atoms with Crippen LogP contribution in [0.2, 0.25) is 5.02 Å². The van der Waals surface area contributed by atoms with Gasteiger partial charge in [-0.05, 0) is 29.8 Å². The highest BCUT2D eigenvalue weighted by atomic mass is 35.5. The number of hydrogen-bond acceptors (Lipinski definition) is 5. The Morgan fingerprint density at radius 1 is 0.968 bits per heavy atom. The summed E-state index contributed by atoms with van der Waals surface area (Å²) in [5.74, 6) is -0.297. The van der Waals surface area contributed by atoms with E-state index in [1.807, 2.05) is 30.3 Å². The molecule has 2 aromatic heterocycles. The number of halogens is 1. The second kappa shape index (κ2) is 9.63. The van der Waals surface area contributed by atoms with Crippen LogP contribution in [0.1, 0.15) is 15.9 Å². The Bertz CT molecular complexity index is 1230. The van der Waals surface area contributed by atoms with Gasteiger partial charge in [0.15, 0.2) is 10.8 Å². The van der Waals surface area contributed by atoms with Crippen LogP contribution in [0.15, 0.2) is 78.1 Å². The van der Waals surface area contributed by atoms with Gasteiger partial charge >= 0.3 is 0 Å². The van der Waals surface area contributed by atoms with Crippen LogP contribution in [0, 0.1) is 0 Å². The van der Waals surface area contributed by atoms with E-state index < -0.39 is 0 Å². The quantitative estimate of drug-likeness (QED) is 0.414. The number of fused-ring (bicyclic) bond motifs is 1. The van der Waals surface area contributed by atoms with Crippen molar-refractivity contribution in [2.75, 3.05) is 11.1 Å². The van der Waals surface area contributed by atoms with Gasteiger partial charge in [-0.1, -0.05) is 65.8 Å². The number of carbonyl (C=O) groups is 2. The zero-order valence-electron chi connectivity index (χ0n) is 16.3. The lowest BCUT2D eigenvalue weighted by molar-refractivity contribution is -0.113. The number of benzene rings is 2. The first-order valence-corrected chi connectivity index (χ1v) is 10.8. The molecule has 0 aliphatic carbocycles. The third kappa shape index (κ3) is 5.22. The Labute approximate surface area is 187 Å². The number of nitrogens with one attached hydrogen (secondary N) is 2.